The van der Waals surface area contributed by atoms with Crippen LogP contribution < -0.4 is 102 Å². The third-order valence-electron chi connectivity index (χ3n) is 22.2. The molecule has 1 fully saturated rings. The van der Waals surface area contributed by atoms with E-state index in [0.717, 1.165) is 64.8 Å². The molecule has 18 heteroatoms. The fourth-order valence-electron chi connectivity index (χ4n) is 15.8. The zero-order chi connectivity index (χ0) is 95.1. The number of hydrogen-bond acceptors (Lipinski definition) is 6. The Morgan fingerprint density at radius 3 is 0.551 bits per heavy atom. The molecule has 705 valence electrons. The quantitative estimate of drug-likeness (QED) is 0.0140. The van der Waals surface area contributed by atoms with Gasteiger partial charge in [0.05, 0.1) is 49.4 Å². The molecule has 0 aliphatic carbocycles. The van der Waals surface area contributed by atoms with Gasteiger partial charge in [-0.15, -0.1) is 12.4 Å². The zero-order valence-electron chi connectivity index (χ0n) is 78.0. The van der Waals surface area contributed by atoms with Gasteiger partial charge < -0.3 is 25.9 Å². The Kier molecular flexibility index (Phi) is 58.2. The molecule has 1 saturated heterocycles. The first kappa shape index (κ1) is 114. The van der Waals surface area contributed by atoms with Crippen molar-refractivity contribution in [1.82, 2.24) is 9.80 Å². The van der Waals surface area contributed by atoms with E-state index in [4.69, 9.17) is 25.7 Å². The number of ether oxygens (including phenoxy) is 1. The molecule has 0 bridgehead atoms. The fraction of sp³-hybridized carbons (Fsp3) is 0.133. The van der Waals surface area contributed by atoms with E-state index in [9.17, 15) is 0 Å². The molecule has 4 N–H and O–H groups in total. The molecule has 17 aromatic carbocycles. The first-order valence-corrected chi connectivity index (χ1v) is 58.8. The molecule has 1 aliphatic rings. The first-order valence-electron chi connectivity index (χ1n) is 46.1. The second-order valence-corrected chi connectivity index (χ2v) is 47.7. The van der Waals surface area contributed by atoms with Crippen molar-refractivity contribution in [3.8, 4) is 0 Å². The van der Waals surface area contributed by atoms with Crippen molar-refractivity contribution in [2.24, 2.45) is 11.5 Å². The van der Waals surface area contributed by atoms with Gasteiger partial charge in [-0.1, -0.05) is 467 Å². The van der Waals surface area contributed by atoms with Crippen LogP contribution in [0.1, 0.15) is 12.8 Å². The Balaban J connectivity index is 0.000000210. The number of nitrogens with zero attached hydrogens (tertiary/aromatic N) is 2. The largest absolute Gasteiger partial charge is 0.0622 e. The van der Waals surface area contributed by atoms with E-state index < -0.39 is 39.6 Å². The predicted octanol–water partition coefficient (Wildman–Crippen LogP) is 20.1. The number of carbonyl (C=O) groups excluding carboxylic acids is 1. The van der Waals surface area contributed by atoms with E-state index >= 15 is 0 Å². The monoisotopic (exact) mass is 2160 g/mol. The Hall–Kier alpha value is -9.21. The van der Waals surface area contributed by atoms with Crippen molar-refractivity contribution in [3.05, 3.63) is 522 Å². The zero-order valence-corrected chi connectivity index (χ0v) is 89.6. The summed E-state index contributed by atoms with van der Waals surface area (Å²) in [6.07, 6.45) is 7.24. The van der Waals surface area contributed by atoms with E-state index in [1.807, 2.05) is 17.3 Å². The topological polar surface area (TPSA) is 105 Å². The number of hydrogen-bond donors (Lipinski definition) is 2. The van der Waals surface area contributed by atoms with Gasteiger partial charge in [-0.25, -0.2) is 0 Å². The van der Waals surface area contributed by atoms with Crippen molar-refractivity contribution in [2.45, 2.75) is 12.8 Å². The van der Waals surface area contributed by atoms with Gasteiger partial charge in [0, 0.05) is 65.6 Å². The SMILES string of the molecule is C1CCOC1.Cl.NCCN(CCP(c1ccccc1)c1ccccc1)CCP(c1ccccc1)c1ccccc1.NCCN(CC[PH+](c1ccccc1)c1ccccc1)CC[PH+](c1ccccc1)c1ccccc1.[C-]#[O+].[CH-]=O.[Cl][Ru].[RuH+3].c1ccc(P(c2ccccc2)c2ccccc2)cc1.c1ccc(P(c2ccccc2)c2ccccc2)cc1.c1ccc(P(c2ccccc2)c2ccccc2)cc1. The van der Waals surface area contributed by atoms with Crippen molar-refractivity contribution in [2.75, 3.05) is 90.2 Å². The van der Waals surface area contributed by atoms with Crippen LogP contribution in [0.2, 0.25) is 0 Å². The van der Waals surface area contributed by atoms with Crippen LogP contribution >= 0.6 is 77.5 Å². The Labute approximate surface area is 864 Å². The minimum Gasteiger partial charge on any atom is -0.0622 e. The molecule has 0 saturated carbocycles. The molecule has 17 aromatic rings. The van der Waals surface area contributed by atoms with Crippen LogP contribution in [-0.2, 0) is 51.0 Å². The molecule has 7 nitrogen and oxygen atoms in total. The molecule has 1 radical (unpaired) electrons. The molecule has 0 atom stereocenters. The number of nitrogens with two attached hydrogens (primary N) is 2. The molecule has 1 heterocycles. The van der Waals surface area contributed by atoms with E-state index in [2.05, 4.69) is 549 Å². The maximum atomic E-state index is 7.75. The summed E-state index contributed by atoms with van der Waals surface area (Å²) in [4.78, 5) is 12.9. The maximum absolute atomic E-state index is 7.75. The molecule has 138 heavy (non-hydrogen) atoms. The van der Waals surface area contributed by atoms with Crippen LogP contribution in [0.4, 0.5) is 0 Å². The second kappa shape index (κ2) is 70.4. The molecule has 1 aliphatic heterocycles. The van der Waals surface area contributed by atoms with Gasteiger partial charge in [-0.3, -0.25) is 11.7 Å². The van der Waals surface area contributed by atoms with Crippen LogP contribution in [-0.4, -0.2) is 107 Å². The van der Waals surface area contributed by atoms with Gasteiger partial charge in [-0.2, -0.15) is 0 Å². The molecule has 0 spiro atoms. The van der Waals surface area contributed by atoms with Crippen LogP contribution in [0.3, 0.4) is 0 Å². The van der Waals surface area contributed by atoms with E-state index in [-0.39, 0.29) is 47.7 Å². The summed E-state index contributed by atoms with van der Waals surface area (Å²) in [6.45, 7) is 17.4. The van der Waals surface area contributed by atoms with Gasteiger partial charge in [0.25, 0.3) is 0 Å². The Morgan fingerprint density at radius 1 is 0.261 bits per heavy atom. The van der Waals surface area contributed by atoms with Crippen molar-refractivity contribution < 1.29 is 51.0 Å². The van der Waals surface area contributed by atoms with Gasteiger partial charge in [-0.05, 0) is 182 Å². The Morgan fingerprint density at radius 2 is 0.406 bits per heavy atom. The van der Waals surface area contributed by atoms with Crippen LogP contribution in [0, 0.1) is 6.65 Å². The summed E-state index contributed by atoms with van der Waals surface area (Å²) < 4.78 is 12.4. The summed E-state index contributed by atoms with van der Waals surface area (Å²) >= 11 is 1.82. The number of halogens is 2. The number of benzene rings is 17. The smallest absolute Gasteiger partial charge is 0.0134 e. The predicted molar refractivity (Wildman–Crippen MR) is 610 cm³/mol. The standard InChI is InChI=1S/2C30H34N2P2.3C18H15P.C4H8O.CHO.CO.2ClH.2Ru.H/c2*31-21-22-32(23-25-33(27-13-5-1-6-14-27)28-15-7-2-8-16-28)24-26-34(29-17-9-3-10-18-29)30-19-11-4-12-20-30;3*1-4-10-16(11-5-1)19(17-12-6-2-7-13-17)18-14-8-3-9-15-18;1-2-4-5-3-1;2*1-2;;;;;/h2*1-20H,21-26,31H2;3*1-15H;1-4H2;1H;;2*1H;;;/q;;;;;;-1;;;;+1;+3;/p+1. The van der Waals surface area contributed by atoms with Gasteiger partial charge in [0.2, 0.25) is 0 Å². The Bertz CT molecular complexity index is 4790. The summed E-state index contributed by atoms with van der Waals surface area (Å²) in [5, 5.41) is 24.3. The molecule has 0 unspecified atom stereocenters. The number of rotatable bonds is 33. The summed E-state index contributed by atoms with van der Waals surface area (Å²) in [6, 6.07) is 185. The summed E-state index contributed by atoms with van der Waals surface area (Å²) in [5.41, 5.74) is 12.1. The third-order valence-corrected chi connectivity index (χ3v) is 40.1. The molecular weight excluding hydrogens is 2040 g/mol. The second-order valence-electron chi connectivity index (χ2n) is 31.2. The minimum atomic E-state index is -0.828. The normalized spacial score (nSPS) is 10.9. The van der Waals surface area contributed by atoms with Crippen LogP contribution in [0.5, 0.6) is 0 Å². The molecule has 18 rings (SSSR count). The molecule has 0 aromatic heterocycles. The van der Waals surface area contributed by atoms with Crippen molar-refractivity contribution in [1.29, 1.82) is 0 Å². The molecule has 0 amide bonds. The fourth-order valence-corrected chi connectivity index (χ4v) is 32.7. The van der Waals surface area contributed by atoms with Gasteiger partial charge >= 0.3 is 57.8 Å². The third kappa shape index (κ3) is 39.4. The molecular formula is C120H126Cl2N4O3P7Ru2+4. The average Bonchev–Trinajstić information content (AvgIpc) is 0.824. The van der Waals surface area contributed by atoms with E-state index in [1.165, 1.54) is 115 Å². The average molecular weight is 2160 g/mol. The maximum Gasteiger partial charge on any atom is -0.0134 e. The van der Waals surface area contributed by atoms with Gasteiger partial charge in [0.15, 0.2) is 0 Å². The van der Waals surface area contributed by atoms with E-state index in [1.54, 1.807) is 0 Å². The summed E-state index contributed by atoms with van der Waals surface area (Å²) in [5.74, 6) is 0. The van der Waals surface area contributed by atoms with Crippen molar-refractivity contribution >= 4 is 175 Å². The van der Waals surface area contributed by atoms with Crippen LogP contribution in [0.25, 0.3) is 0 Å². The summed E-state index contributed by atoms with van der Waals surface area (Å²) in [7, 11) is 0.805. The van der Waals surface area contributed by atoms with Crippen LogP contribution in [0.15, 0.2) is 516 Å². The van der Waals surface area contributed by atoms with Gasteiger partial charge in [0.1, 0.15) is 0 Å². The first-order chi connectivity index (χ1) is 67.5. The van der Waals surface area contributed by atoms with E-state index in [0.29, 0.717) is 13.1 Å². The minimum absolute atomic E-state index is 0. The van der Waals surface area contributed by atoms with Crippen molar-refractivity contribution in [3.63, 3.8) is 0 Å².